The van der Waals surface area contributed by atoms with E-state index in [1.54, 1.807) is 0 Å². The maximum Gasteiger partial charge on any atom is 0.127 e. The maximum absolute atomic E-state index is 6.22. The van der Waals surface area contributed by atoms with Gasteiger partial charge < -0.3 is 9.47 Å². The van der Waals surface area contributed by atoms with E-state index < -0.39 is 0 Å². The maximum atomic E-state index is 6.22. The summed E-state index contributed by atoms with van der Waals surface area (Å²) in [5.74, 6) is 0.978. The topological polar surface area (TPSA) is 34.6 Å². The van der Waals surface area contributed by atoms with Gasteiger partial charge in [0, 0.05) is 42.5 Å². The van der Waals surface area contributed by atoms with Crippen molar-refractivity contribution in [1.82, 2.24) is 9.88 Å². The molecule has 0 bridgehead atoms. The van der Waals surface area contributed by atoms with Crippen LogP contribution in [0.25, 0.3) is 11.3 Å². The minimum atomic E-state index is 0.245. The zero-order chi connectivity index (χ0) is 22.4. The lowest BCUT2D eigenvalue weighted by molar-refractivity contribution is -0.0822. The standard InChI is InChI=1S/C27H40N2O2/c1-7-12-25(29-17-19(5)31-20(6)18-29)23-16-28-24(15-26(23)30-10-4)27-21(8-2)13-11-14-22(27)9-3/h11,13-16,19-20,25H,7-10,12,17-18H2,1-6H3/t19-,20-,25?/m1/s1. The summed E-state index contributed by atoms with van der Waals surface area (Å²) in [4.78, 5) is 7.58. The summed E-state index contributed by atoms with van der Waals surface area (Å²) in [5.41, 5.74) is 6.22. The van der Waals surface area contributed by atoms with E-state index in [2.05, 4.69) is 76.9 Å². The molecule has 3 rings (SSSR count). The highest BCUT2D eigenvalue weighted by Gasteiger charge is 2.30. The molecule has 1 saturated heterocycles. The molecule has 0 spiro atoms. The van der Waals surface area contributed by atoms with Crippen LogP contribution in [0.15, 0.2) is 30.5 Å². The monoisotopic (exact) mass is 424 g/mol. The summed E-state index contributed by atoms with van der Waals surface area (Å²) in [6.45, 7) is 15.6. The zero-order valence-corrected chi connectivity index (χ0v) is 20.3. The predicted molar refractivity (Wildman–Crippen MR) is 129 cm³/mol. The summed E-state index contributed by atoms with van der Waals surface area (Å²) in [5, 5.41) is 0. The Hall–Kier alpha value is -1.91. The van der Waals surface area contributed by atoms with Crippen molar-refractivity contribution in [3.8, 4) is 17.0 Å². The first-order chi connectivity index (χ1) is 15.0. The molecule has 1 aromatic heterocycles. The van der Waals surface area contributed by atoms with E-state index >= 15 is 0 Å². The largest absolute Gasteiger partial charge is 0.493 e. The number of ether oxygens (including phenoxy) is 2. The third kappa shape index (κ3) is 5.48. The first-order valence-corrected chi connectivity index (χ1v) is 12.2. The fourth-order valence-corrected chi connectivity index (χ4v) is 4.97. The normalized spacial score (nSPS) is 20.6. The van der Waals surface area contributed by atoms with Gasteiger partial charge in [0.15, 0.2) is 0 Å². The summed E-state index contributed by atoms with van der Waals surface area (Å²) >= 11 is 0. The number of aromatic nitrogens is 1. The van der Waals surface area contributed by atoms with Crippen molar-refractivity contribution in [2.45, 2.75) is 85.5 Å². The van der Waals surface area contributed by atoms with Crippen LogP contribution in [0.1, 0.15) is 77.1 Å². The van der Waals surface area contributed by atoms with Crippen molar-refractivity contribution >= 4 is 0 Å². The Morgan fingerprint density at radius 1 is 1.06 bits per heavy atom. The third-order valence-electron chi connectivity index (χ3n) is 6.26. The molecule has 1 aromatic carbocycles. The molecular weight excluding hydrogens is 384 g/mol. The molecule has 0 aliphatic carbocycles. The average Bonchev–Trinajstić information content (AvgIpc) is 2.76. The molecule has 3 atom stereocenters. The molecule has 170 valence electrons. The van der Waals surface area contributed by atoms with Gasteiger partial charge in [-0.05, 0) is 51.2 Å². The second-order valence-corrected chi connectivity index (χ2v) is 8.71. The molecule has 4 nitrogen and oxygen atoms in total. The highest BCUT2D eigenvalue weighted by atomic mass is 16.5. The second-order valence-electron chi connectivity index (χ2n) is 8.71. The SMILES string of the molecule is CCCC(c1cnc(-c2c(CC)cccc2CC)cc1OCC)N1C[C@@H](C)O[C@H](C)C1. The van der Waals surface area contributed by atoms with Crippen LogP contribution in [-0.4, -0.2) is 41.8 Å². The van der Waals surface area contributed by atoms with Gasteiger partial charge in [0.2, 0.25) is 0 Å². The van der Waals surface area contributed by atoms with Crippen LogP contribution in [-0.2, 0) is 17.6 Å². The highest BCUT2D eigenvalue weighted by molar-refractivity contribution is 5.69. The van der Waals surface area contributed by atoms with E-state index in [-0.39, 0.29) is 12.2 Å². The van der Waals surface area contributed by atoms with Crippen molar-refractivity contribution in [2.75, 3.05) is 19.7 Å². The molecule has 1 aliphatic rings. The molecule has 1 unspecified atom stereocenters. The smallest absolute Gasteiger partial charge is 0.127 e. The number of aryl methyl sites for hydroxylation is 2. The zero-order valence-electron chi connectivity index (χ0n) is 20.3. The lowest BCUT2D eigenvalue weighted by Crippen LogP contribution is -2.47. The van der Waals surface area contributed by atoms with Crippen LogP contribution in [0.5, 0.6) is 5.75 Å². The molecule has 2 heterocycles. The van der Waals surface area contributed by atoms with Crippen molar-refractivity contribution in [1.29, 1.82) is 0 Å². The second kappa shape index (κ2) is 11.1. The van der Waals surface area contributed by atoms with Crippen LogP contribution in [0, 0.1) is 0 Å². The van der Waals surface area contributed by atoms with Gasteiger partial charge in [0.1, 0.15) is 5.75 Å². The van der Waals surface area contributed by atoms with E-state index in [0.29, 0.717) is 12.6 Å². The number of pyridine rings is 1. The van der Waals surface area contributed by atoms with Gasteiger partial charge >= 0.3 is 0 Å². The Kier molecular flexibility index (Phi) is 8.50. The number of rotatable bonds is 9. The molecule has 1 fully saturated rings. The van der Waals surface area contributed by atoms with Gasteiger partial charge in [0.05, 0.1) is 24.5 Å². The number of nitrogens with zero attached hydrogens (tertiary/aromatic N) is 2. The fourth-order valence-electron chi connectivity index (χ4n) is 4.97. The number of hydrogen-bond acceptors (Lipinski definition) is 4. The van der Waals surface area contributed by atoms with Crippen molar-refractivity contribution in [3.63, 3.8) is 0 Å². The van der Waals surface area contributed by atoms with Gasteiger partial charge in [-0.3, -0.25) is 9.88 Å². The van der Waals surface area contributed by atoms with Crippen molar-refractivity contribution in [3.05, 3.63) is 47.2 Å². The minimum Gasteiger partial charge on any atom is -0.493 e. The van der Waals surface area contributed by atoms with E-state index in [1.807, 2.05) is 0 Å². The highest BCUT2D eigenvalue weighted by Crippen LogP contribution is 2.37. The predicted octanol–water partition coefficient (Wildman–Crippen LogP) is 6.22. The van der Waals surface area contributed by atoms with Gasteiger partial charge in [-0.1, -0.05) is 45.4 Å². The van der Waals surface area contributed by atoms with Crippen LogP contribution < -0.4 is 4.74 Å². The lowest BCUT2D eigenvalue weighted by Gasteiger charge is -2.40. The molecule has 4 heteroatoms. The molecule has 0 amide bonds. The molecule has 1 aliphatic heterocycles. The van der Waals surface area contributed by atoms with E-state index in [1.165, 1.54) is 22.3 Å². The summed E-state index contributed by atoms with van der Waals surface area (Å²) in [7, 11) is 0. The Balaban J connectivity index is 2.06. The van der Waals surface area contributed by atoms with Crippen LogP contribution in [0.3, 0.4) is 0 Å². The van der Waals surface area contributed by atoms with E-state index in [9.17, 15) is 0 Å². The van der Waals surface area contributed by atoms with Gasteiger partial charge in [-0.2, -0.15) is 0 Å². The molecular formula is C27H40N2O2. The Morgan fingerprint density at radius 3 is 2.26 bits per heavy atom. The Morgan fingerprint density at radius 2 is 1.71 bits per heavy atom. The Labute approximate surface area is 189 Å². The van der Waals surface area contributed by atoms with Gasteiger partial charge in [0.25, 0.3) is 0 Å². The molecule has 2 aromatic rings. The van der Waals surface area contributed by atoms with Gasteiger partial charge in [-0.15, -0.1) is 0 Å². The molecule has 0 saturated carbocycles. The van der Waals surface area contributed by atoms with Gasteiger partial charge in [-0.25, -0.2) is 0 Å². The minimum absolute atomic E-state index is 0.245. The third-order valence-corrected chi connectivity index (χ3v) is 6.26. The number of benzene rings is 1. The lowest BCUT2D eigenvalue weighted by atomic mass is 9.93. The summed E-state index contributed by atoms with van der Waals surface area (Å²) in [6.07, 6.45) is 6.78. The summed E-state index contributed by atoms with van der Waals surface area (Å²) in [6, 6.07) is 9.09. The molecule has 0 radical (unpaired) electrons. The Bertz CT molecular complexity index is 819. The van der Waals surface area contributed by atoms with Crippen LogP contribution >= 0.6 is 0 Å². The average molecular weight is 425 g/mol. The van der Waals surface area contributed by atoms with Crippen LogP contribution in [0.2, 0.25) is 0 Å². The van der Waals surface area contributed by atoms with E-state index in [0.717, 1.165) is 50.2 Å². The van der Waals surface area contributed by atoms with E-state index in [4.69, 9.17) is 14.5 Å². The first kappa shape index (κ1) is 23.7. The fraction of sp³-hybridized carbons (Fsp3) is 0.593. The van der Waals surface area contributed by atoms with Crippen LogP contribution in [0.4, 0.5) is 0 Å². The number of hydrogen-bond donors (Lipinski definition) is 0. The molecule has 0 N–H and O–H groups in total. The number of morpholine rings is 1. The van der Waals surface area contributed by atoms with Crippen molar-refractivity contribution < 1.29 is 9.47 Å². The molecule has 31 heavy (non-hydrogen) atoms. The summed E-state index contributed by atoms with van der Waals surface area (Å²) < 4.78 is 12.2. The van der Waals surface area contributed by atoms with Crippen molar-refractivity contribution in [2.24, 2.45) is 0 Å². The first-order valence-electron chi connectivity index (χ1n) is 12.2. The quantitative estimate of drug-likeness (QED) is 0.478.